The van der Waals surface area contributed by atoms with E-state index in [-0.39, 0.29) is 11.5 Å². The van der Waals surface area contributed by atoms with Gasteiger partial charge in [0.15, 0.2) is 0 Å². The van der Waals surface area contributed by atoms with E-state index in [1.807, 2.05) is 12.1 Å². The minimum absolute atomic E-state index is 0.0940. The average Bonchev–Trinajstić information content (AvgIpc) is 2.74. The summed E-state index contributed by atoms with van der Waals surface area (Å²) in [6.07, 6.45) is 7.51. The Morgan fingerprint density at radius 2 is 2.05 bits per heavy atom. The maximum absolute atomic E-state index is 10.3. The normalized spacial score (nSPS) is 38.7. The summed E-state index contributed by atoms with van der Waals surface area (Å²) >= 11 is 0. The maximum Gasteiger partial charge on any atom is 0.115 e. The minimum Gasteiger partial charge on any atom is -0.508 e. The fourth-order valence-electron chi connectivity index (χ4n) is 4.93. The predicted molar refractivity (Wildman–Crippen MR) is 78.7 cm³/mol. The minimum atomic E-state index is -0.129. The number of aliphatic hydroxyl groups is 1. The van der Waals surface area contributed by atoms with E-state index in [9.17, 15) is 10.2 Å². The van der Waals surface area contributed by atoms with Crippen molar-refractivity contribution in [2.75, 3.05) is 0 Å². The van der Waals surface area contributed by atoms with Crippen LogP contribution in [-0.2, 0) is 6.42 Å². The molecule has 0 aromatic heterocycles. The molecule has 2 heteroatoms. The molecule has 1 aromatic rings. The number of aliphatic hydroxyl groups excluding tert-OH is 1. The molecular weight excluding hydrogens is 248 g/mol. The molecule has 0 radical (unpaired) electrons. The Kier molecular flexibility index (Phi) is 2.56. The van der Waals surface area contributed by atoms with Crippen molar-refractivity contribution in [3.63, 3.8) is 0 Å². The molecule has 2 N–H and O–H groups in total. The molecule has 20 heavy (non-hydrogen) atoms. The summed E-state index contributed by atoms with van der Waals surface area (Å²) in [6.45, 7) is 2.28. The lowest BCUT2D eigenvalue weighted by Crippen LogP contribution is -2.39. The zero-order valence-electron chi connectivity index (χ0n) is 12.0. The summed E-state index contributed by atoms with van der Waals surface area (Å²) < 4.78 is 0. The van der Waals surface area contributed by atoms with Gasteiger partial charge in [0.1, 0.15) is 5.75 Å². The van der Waals surface area contributed by atoms with Crippen LogP contribution < -0.4 is 0 Å². The van der Waals surface area contributed by atoms with Gasteiger partial charge < -0.3 is 10.2 Å². The third kappa shape index (κ3) is 1.54. The van der Waals surface area contributed by atoms with E-state index in [0.29, 0.717) is 17.6 Å². The van der Waals surface area contributed by atoms with Crippen LogP contribution in [0.4, 0.5) is 0 Å². The molecule has 0 spiro atoms. The summed E-state index contributed by atoms with van der Waals surface area (Å²) in [5.41, 5.74) is 4.34. The highest BCUT2D eigenvalue weighted by Crippen LogP contribution is 2.59. The molecule has 2 saturated carbocycles. The monoisotopic (exact) mass is 270 g/mol. The first-order chi connectivity index (χ1) is 9.59. The number of phenols is 1. The Bertz CT molecular complexity index is 589. The maximum atomic E-state index is 10.3. The van der Waals surface area contributed by atoms with Crippen molar-refractivity contribution in [1.29, 1.82) is 0 Å². The molecule has 2 nitrogen and oxygen atoms in total. The quantitative estimate of drug-likeness (QED) is 0.708. The molecule has 0 bridgehead atoms. The number of aromatic hydroxyl groups is 1. The highest BCUT2D eigenvalue weighted by atomic mass is 16.3. The molecule has 1 aromatic carbocycles. The van der Waals surface area contributed by atoms with Gasteiger partial charge in [-0.1, -0.05) is 24.6 Å². The molecule has 3 aliphatic carbocycles. The van der Waals surface area contributed by atoms with Crippen LogP contribution in [0.3, 0.4) is 0 Å². The lowest BCUT2D eigenvalue weighted by molar-refractivity contribution is 0.0267. The van der Waals surface area contributed by atoms with E-state index >= 15 is 0 Å². The van der Waals surface area contributed by atoms with E-state index in [1.165, 1.54) is 11.1 Å². The number of allylic oxidation sites excluding steroid dienone is 2. The molecular formula is C18H22O2. The third-order valence-electron chi connectivity index (χ3n) is 6.12. The molecule has 4 atom stereocenters. The Morgan fingerprint density at radius 1 is 1.20 bits per heavy atom. The van der Waals surface area contributed by atoms with Crippen molar-refractivity contribution in [2.24, 2.45) is 11.3 Å². The summed E-state index contributed by atoms with van der Waals surface area (Å²) in [4.78, 5) is 0. The van der Waals surface area contributed by atoms with Crippen LogP contribution in [0.25, 0.3) is 0 Å². The predicted octanol–water partition coefficient (Wildman–Crippen LogP) is 3.53. The van der Waals surface area contributed by atoms with Gasteiger partial charge in [0.05, 0.1) is 6.10 Å². The van der Waals surface area contributed by atoms with Crippen LogP contribution in [0, 0.1) is 11.3 Å². The van der Waals surface area contributed by atoms with E-state index in [0.717, 1.165) is 32.1 Å². The van der Waals surface area contributed by atoms with Crippen molar-refractivity contribution in [1.82, 2.24) is 0 Å². The van der Waals surface area contributed by atoms with Crippen LogP contribution >= 0.6 is 0 Å². The van der Waals surface area contributed by atoms with Gasteiger partial charge in [-0.15, -0.1) is 0 Å². The first-order valence-electron chi connectivity index (χ1n) is 7.79. The summed E-state index contributed by atoms with van der Waals surface area (Å²) in [6, 6.07) is 5.84. The Balaban J connectivity index is 1.76. The van der Waals surface area contributed by atoms with Crippen molar-refractivity contribution < 1.29 is 10.2 Å². The van der Waals surface area contributed by atoms with Gasteiger partial charge in [-0.3, -0.25) is 0 Å². The second kappa shape index (κ2) is 4.11. The Hall–Kier alpha value is -1.28. The number of hydrogen-bond acceptors (Lipinski definition) is 2. The zero-order valence-corrected chi connectivity index (χ0v) is 12.0. The lowest BCUT2D eigenvalue weighted by atomic mass is 9.59. The topological polar surface area (TPSA) is 40.5 Å². The van der Waals surface area contributed by atoms with Gasteiger partial charge in [-0.05, 0) is 61.3 Å². The van der Waals surface area contributed by atoms with Gasteiger partial charge >= 0.3 is 0 Å². The highest BCUT2D eigenvalue weighted by Gasteiger charge is 2.51. The van der Waals surface area contributed by atoms with Gasteiger partial charge in [0.2, 0.25) is 0 Å². The largest absolute Gasteiger partial charge is 0.508 e. The number of fused-ring (bicyclic) bond motifs is 5. The van der Waals surface area contributed by atoms with Crippen molar-refractivity contribution in [2.45, 2.75) is 51.0 Å². The van der Waals surface area contributed by atoms with E-state index in [1.54, 1.807) is 5.57 Å². The molecule has 3 aliphatic rings. The average molecular weight is 270 g/mol. The van der Waals surface area contributed by atoms with E-state index < -0.39 is 0 Å². The molecule has 3 unspecified atom stereocenters. The van der Waals surface area contributed by atoms with Crippen molar-refractivity contribution in [3.8, 4) is 5.75 Å². The summed E-state index contributed by atoms with van der Waals surface area (Å²) in [7, 11) is 0. The standard InChI is InChI=1S/C18H22O2/c1-18-9-8-14-13-5-3-12(19)10-11(13)2-4-15(14)16(18)6-7-17(18)20/h3-5,10,14,16-17,19-20H,2,6-9H2,1H3/t14?,16?,17?,18-/m0/s1. The Labute approximate surface area is 120 Å². The van der Waals surface area contributed by atoms with Crippen molar-refractivity contribution in [3.05, 3.63) is 41.0 Å². The molecule has 0 amide bonds. The van der Waals surface area contributed by atoms with E-state index in [2.05, 4.69) is 19.1 Å². The van der Waals surface area contributed by atoms with Crippen LogP contribution in [0.5, 0.6) is 5.75 Å². The number of benzene rings is 1. The molecule has 2 fully saturated rings. The van der Waals surface area contributed by atoms with Crippen LogP contribution in [0.15, 0.2) is 29.8 Å². The lowest BCUT2D eigenvalue weighted by Gasteiger charge is -2.46. The number of hydrogen-bond donors (Lipinski definition) is 2. The second-order valence-electron chi connectivity index (χ2n) is 7.03. The molecule has 4 rings (SSSR count). The summed E-state index contributed by atoms with van der Waals surface area (Å²) in [5, 5.41) is 20.0. The highest BCUT2D eigenvalue weighted by molar-refractivity contribution is 5.47. The molecule has 0 heterocycles. The van der Waals surface area contributed by atoms with Gasteiger partial charge in [-0.25, -0.2) is 0 Å². The van der Waals surface area contributed by atoms with Crippen LogP contribution in [-0.4, -0.2) is 16.3 Å². The second-order valence-corrected chi connectivity index (χ2v) is 7.03. The first-order valence-corrected chi connectivity index (χ1v) is 7.79. The SMILES string of the molecule is C[C@]12CCC3C(=CCc4cc(O)ccc43)C1CCC2O. The zero-order chi connectivity index (χ0) is 13.9. The fraction of sp³-hybridized carbons (Fsp3) is 0.556. The molecule has 0 aliphatic heterocycles. The van der Waals surface area contributed by atoms with Crippen LogP contribution in [0.1, 0.15) is 49.7 Å². The molecule has 0 saturated heterocycles. The number of phenolic OH excluding ortho intramolecular Hbond substituents is 1. The molecule has 106 valence electrons. The fourth-order valence-corrected chi connectivity index (χ4v) is 4.93. The van der Waals surface area contributed by atoms with Crippen LogP contribution in [0.2, 0.25) is 0 Å². The van der Waals surface area contributed by atoms with Gasteiger partial charge in [-0.2, -0.15) is 0 Å². The first kappa shape index (κ1) is 12.5. The van der Waals surface area contributed by atoms with E-state index in [4.69, 9.17) is 0 Å². The van der Waals surface area contributed by atoms with Gasteiger partial charge in [0.25, 0.3) is 0 Å². The third-order valence-corrected chi connectivity index (χ3v) is 6.12. The van der Waals surface area contributed by atoms with Gasteiger partial charge in [0, 0.05) is 11.3 Å². The number of rotatable bonds is 0. The Morgan fingerprint density at radius 3 is 2.90 bits per heavy atom. The smallest absolute Gasteiger partial charge is 0.115 e. The summed E-state index contributed by atoms with van der Waals surface area (Å²) in [5.74, 6) is 1.44. The van der Waals surface area contributed by atoms with Crippen molar-refractivity contribution >= 4 is 0 Å².